The summed E-state index contributed by atoms with van der Waals surface area (Å²) in [6, 6.07) is 9.64. The summed E-state index contributed by atoms with van der Waals surface area (Å²) in [5.74, 6) is 0.209. The molecule has 0 aliphatic rings. The second-order valence-electron chi connectivity index (χ2n) is 4.96. The number of benzene rings is 2. The highest BCUT2D eigenvalue weighted by Crippen LogP contribution is 2.34. The van der Waals surface area contributed by atoms with Gasteiger partial charge in [0.2, 0.25) is 0 Å². The van der Waals surface area contributed by atoms with Crippen molar-refractivity contribution in [3.05, 3.63) is 64.8 Å². The van der Waals surface area contributed by atoms with Crippen molar-refractivity contribution in [2.45, 2.75) is 0 Å². The van der Waals surface area contributed by atoms with Crippen molar-refractivity contribution in [3.63, 3.8) is 0 Å². The van der Waals surface area contributed by atoms with Gasteiger partial charge in [0, 0.05) is 6.07 Å². The number of hydrogen-bond donors (Lipinski definition) is 1. The van der Waals surface area contributed by atoms with Gasteiger partial charge in [-0.2, -0.15) is 0 Å². The summed E-state index contributed by atoms with van der Waals surface area (Å²) in [6.45, 7) is 0. The maximum Gasteiger partial charge on any atom is 0.157 e. The van der Waals surface area contributed by atoms with Gasteiger partial charge in [0.25, 0.3) is 0 Å². The lowest BCUT2D eigenvalue weighted by Crippen LogP contribution is -2.00. The minimum Gasteiger partial charge on any atom is -0.336 e. The van der Waals surface area contributed by atoms with Gasteiger partial charge < -0.3 is 5.32 Å². The van der Waals surface area contributed by atoms with Gasteiger partial charge >= 0.3 is 0 Å². The molecule has 0 aliphatic carbocycles. The Kier molecular flexibility index (Phi) is 3.32. The van der Waals surface area contributed by atoms with Crippen LogP contribution in [0.3, 0.4) is 0 Å². The van der Waals surface area contributed by atoms with Gasteiger partial charge in [0.05, 0.1) is 39.3 Å². The molecule has 114 valence electrons. The Balaban J connectivity index is 1.96. The zero-order valence-corrected chi connectivity index (χ0v) is 13.1. The zero-order valence-electron chi connectivity index (χ0n) is 11.6. The molecule has 4 nitrogen and oxygen atoms in total. The first-order chi connectivity index (χ1) is 11.1. The number of rotatable bonds is 2. The summed E-state index contributed by atoms with van der Waals surface area (Å²) in [7, 11) is 0. The van der Waals surface area contributed by atoms with Gasteiger partial charge in [0.1, 0.15) is 11.3 Å². The average molecular weight is 347 g/mol. The van der Waals surface area contributed by atoms with E-state index in [1.807, 2.05) is 0 Å². The molecule has 0 saturated carbocycles. The molecule has 0 atom stereocenters. The fourth-order valence-electron chi connectivity index (χ4n) is 2.45. The molecular formula is C16H9Cl2FN4. The summed E-state index contributed by atoms with van der Waals surface area (Å²) >= 11 is 12.4. The predicted molar refractivity (Wildman–Crippen MR) is 90.2 cm³/mol. The topological polar surface area (TPSA) is 42.2 Å². The van der Waals surface area contributed by atoms with Gasteiger partial charge in [-0.15, -0.1) is 0 Å². The van der Waals surface area contributed by atoms with E-state index in [2.05, 4.69) is 15.3 Å². The molecule has 0 amide bonds. The third-order valence-electron chi connectivity index (χ3n) is 3.52. The van der Waals surface area contributed by atoms with E-state index in [1.54, 1.807) is 41.2 Å². The zero-order chi connectivity index (χ0) is 16.0. The summed E-state index contributed by atoms with van der Waals surface area (Å²) in [4.78, 5) is 8.66. The molecule has 0 bridgehead atoms. The van der Waals surface area contributed by atoms with Crippen molar-refractivity contribution in [3.8, 4) is 0 Å². The number of fused-ring (bicyclic) bond motifs is 3. The number of para-hydroxylation sites is 1. The Morgan fingerprint density at radius 3 is 2.61 bits per heavy atom. The van der Waals surface area contributed by atoms with Crippen LogP contribution in [0.2, 0.25) is 10.0 Å². The van der Waals surface area contributed by atoms with Gasteiger partial charge in [0.15, 0.2) is 5.82 Å². The summed E-state index contributed by atoms with van der Waals surface area (Å²) in [5.41, 5.74) is 2.52. The standard InChI is InChI=1S/C16H9Cl2FN4/c17-10-2-1-3-11(18)15(10)22-16-14-7-20-8-23(14)13-6-9(19)4-5-12(13)21-16/h1-8H,(H,21,22). The molecule has 0 radical (unpaired) electrons. The highest BCUT2D eigenvalue weighted by atomic mass is 35.5. The van der Waals surface area contributed by atoms with Crippen LogP contribution in [0.4, 0.5) is 15.9 Å². The van der Waals surface area contributed by atoms with E-state index in [4.69, 9.17) is 23.2 Å². The molecule has 7 heteroatoms. The summed E-state index contributed by atoms with van der Waals surface area (Å²) in [5, 5.41) is 4.11. The molecule has 0 unspecified atom stereocenters. The monoisotopic (exact) mass is 346 g/mol. The van der Waals surface area contributed by atoms with Crippen LogP contribution in [0.25, 0.3) is 16.6 Å². The fourth-order valence-corrected chi connectivity index (χ4v) is 2.94. The maximum atomic E-state index is 13.5. The van der Waals surface area contributed by atoms with Gasteiger partial charge in [-0.05, 0) is 24.3 Å². The molecule has 1 N–H and O–H groups in total. The Labute approximate surface area is 140 Å². The SMILES string of the molecule is Fc1ccc2nc(Nc3c(Cl)cccc3Cl)c3cncn3c2c1. The smallest absolute Gasteiger partial charge is 0.157 e. The van der Waals surface area contributed by atoms with Crippen molar-refractivity contribution in [1.82, 2.24) is 14.4 Å². The van der Waals surface area contributed by atoms with Gasteiger partial charge in [-0.25, -0.2) is 14.4 Å². The van der Waals surface area contributed by atoms with E-state index in [0.717, 1.165) is 0 Å². The molecule has 0 saturated heterocycles. The first kappa shape index (κ1) is 14.2. The molecule has 0 aliphatic heterocycles. The molecule has 0 fully saturated rings. The van der Waals surface area contributed by atoms with Gasteiger partial charge in [-0.1, -0.05) is 29.3 Å². The van der Waals surface area contributed by atoms with Crippen LogP contribution in [0.1, 0.15) is 0 Å². The lowest BCUT2D eigenvalue weighted by atomic mass is 10.2. The quantitative estimate of drug-likeness (QED) is 0.550. The second kappa shape index (κ2) is 5.37. The van der Waals surface area contributed by atoms with Crippen LogP contribution in [0.5, 0.6) is 0 Å². The molecule has 4 aromatic rings. The molecule has 0 spiro atoms. The van der Waals surface area contributed by atoms with E-state index in [1.165, 1.54) is 12.1 Å². The van der Waals surface area contributed by atoms with Crippen LogP contribution < -0.4 is 5.32 Å². The van der Waals surface area contributed by atoms with Crippen molar-refractivity contribution in [2.75, 3.05) is 5.32 Å². The largest absolute Gasteiger partial charge is 0.336 e. The summed E-state index contributed by atoms with van der Waals surface area (Å²) in [6.07, 6.45) is 3.25. The highest BCUT2D eigenvalue weighted by molar-refractivity contribution is 6.39. The third-order valence-corrected chi connectivity index (χ3v) is 4.15. The van der Waals surface area contributed by atoms with Crippen molar-refractivity contribution in [1.29, 1.82) is 0 Å². The van der Waals surface area contributed by atoms with Crippen molar-refractivity contribution >= 4 is 51.3 Å². The van der Waals surface area contributed by atoms with Crippen LogP contribution in [-0.2, 0) is 0 Å². The van der Waals surface area contributed by atoms with Crippen molar-refractivity contribution in [2.24, 2.45) is 0 Å². The third kappa shape index (κ3) is 2.38. The molecule has 2 heterocycles. The van der Waals surface area contributed by atoms with Crippen LogP contribution >= 0.6 is 23.2 Å². The van der Waals surface area contributed by atoms with Crippen LogP contribution in [-0.4, -0.2) is 14.4 Å². The van der Waals surface area contributed by atoms with Gasteiger partial charge in [-0.3, -0.25) is 4.40 Å². The van der Waals surface area contributed by atoms with Crippen LogP contribution in [0.15, 0.2) is 48.9 Å². The number of aromatic nitrogens is 3. The fraction of sp³-hybridized carbons (Fsp3) is 0. The van der Waals surface area contributed by atoms with Crippen LogP contribution in [0, 0.1) is 5.82 Å². The number of nitrogens with one attached hydrogen (secondary N) is 1. The van der Waals surface area contributed by atoms with E-state index in [0.29, 0.717) is 38.1 Å². The minimum absolute atomic E-state index is 0.329. The minimum atomic E-state index is -0.329. The number of imidazole rings is 1. The van der Waals surface area contributed by atoms with Crippen molar-refractivity contribution < 1.29 is 4.39 Å². The first-order valence-corrected chi connectivity index (χ1v) is 7.51. The van der Waals surface area contributed by atoms with E-state index >= 15 is 0 Å². The normalized spacial score (nSPS) is 11.3. The first-order valence-electron chi connectivity index (χ1n) is 6.76. The molecule has 4 rings (SSSR count). The maximum absolute atomic E-state index is 13.5. The second-order valence-corrected chi connectivity index (χ2v) is 5.78. The number of hydrogen-bond acceptors (Lipinski definition) is 3. The molecule has 23 heavy (non-hydrogen) atoms. The lowest BCUT2D eigenvalue weighted by Gasteiger charge is -2.12. The Morgan fingerprint density at radius 2 is 1.83 bits per heavy atom. The Bertz CT molecular complexity index is 1020. The number of nitrogens with zero attached hydrogens (tertiary/aromatic N) is 3. The predicted octanol–water partition coefficient (Wildman–Crippen LogP) is 5.07. The molecule has 2 aromatic carbocycles. The molecule has 2 aromatic heterocycles. The average Bonchev–Trinajstić information content (AvgIpc) is 3.01. The molecular weight excluding hydrogens is 338 g/mol. The lowest BCUT2D eigenvalue weighted by molar-refractivity contribution is 0.629. The van der Waals surface area contributed by atoms with E-state index in [-0.39, 0.29) is 5.82 Å². The van der Waals surface area contributed by atoms with E-state index < -0.39 is 0 Å². The Morgan fingerprint density at radius 1 is 1.04 bits per heavy atom. The van der Waals surface area contributed by atoms with E-state index in [9.17, 15) is 4.39 Å². The Hall–Kier alpha value is -2.37. The highest BCUT2D eigenvalue weighted by Gasteiger charge is 2.12. The number of anilines is 2. The number of halogens is 3. The summed E-state index contributed by atoms with van der Waals surface area (Å²) < 4.78 is 15.3.